The third-order valence-corrected chi connectivity index (χ3v) is 11.3. The molecule has 3 fully saturated rings. The SMILES string of the molecule is COC(=O)[C@]1(C)CCC[C@@]2(C)[C@@H]3CC[C@@]4(C)C[C@@]3(C=C4c3cn(CCCc4ccccc4)nn3)CC[C@@H]21. The van der Waals surface area contributed by atoms with Gasteiger partial charge >= 0.3 is 5.97 Å². The van der Waals surface area contributed by atoms with Crippen LogP contribution >= 0.6 is 0 Å². The third-order valence-electron chi connectivity index (χ3n) is 11.3. The van der Waals surface area contributed by atoms with Crippen molar-refractivity contribution in [2.24, 2.45) is 33.5 Å². The Morgan fingerprint density at radius 2 is 1.84 bits per heavy atom. The Labute approximate surface area is 222 Å². The number of rotatable bonds is 6. The van der Waals surface area contributed by atoms with Crippen molar-refractivity contribution in [3.8, 4) is 0 Å². The second-order valence-corrected chi connectivity index (χ2v) is 13.4. The topological polar surface area (TPSA) is 57.0 Å². The van der Waals surface area contributed by atoms with Crippen LogP contribution in [-0.4, -0.2) is 28.1 Å². The van der Waals surface area contributed by atoms with Gasteiger partial charge in [-0.1, -0.05) is 61.9 Å². The first-order valence-electron chi connectivity index (χ1n) is 14.5. The molecule has 0 amide bonds. The molecule has 37 heavy (non-hydrogen) atoms. The van der Waals surface area contributed by atoms with Gasteiger partial charge in [0.05, 0.1) is 18.7 Å². The number of fused-ring (bicyclic) bond motifs is 3. The summed E-state index contributed by atoms with van der Waals surface area (Å²) in [6.45, 7) is 8.07. The predicted molar refractivity (Wildman–Crippen MR) is 145 cm³/mol. The fourth-order valence-electron chi connectivity index (χ4n) is 9.73. The molecule has 4 aliphatic rings. The summed E-state index contributed by atoms with van der Waals surface area (Å²) in [4.78, 5) is 13.0. The van der Waals surface area contributed by atoms with Gasteiger partial charge < -0.3 is 4.74 Å². The third kappa shape index (κ3) is 3.82. The lowest BCUT2D eigenvalue weighted by atomic mass is 9.40. The maximum atomic E-state index is 13.0. The van der Waals surface area contributed by atoms with E-state index in [1.165, 1.54) is 43.2 Å². The summed E-state index contributed by atoms with van der Waals surface area (Å²) >= 11 is 0. The van der Waals surface area contributed by atoms with Gasteiger partial charge in [-0.05, 0) is 104 Å². The summed E-state index contributed by atoms with van der Waals surface area (Å²) in [5.41, 5.74) is 4.11. The number of nitrogens with zero attached hydrogens (tertiary/aromatic N) is 3. The maximum absolute atomic E-state index is 13.0. The Bertz CT molecular complexity index is 1200. The highest BCUT2D eigenvalue weighted by Crippen LogP contribution is 2.74. The number of carbonyl (C=O) groups is 1. The molecule has 0 unspecified atom stereocenters. The molecule has 1 aromatic carbocycles. The van der Waals surface area contributed by atoms with Gasteiger partial charge in [-0.15, -0.1) is 5.10 Å². The van der Waals surface area contributed by atoms with Gasteiger partial charge in [0.2, 0.25) is 0 Å². The Kier molecular flexibility index (Phi) is 5.93. The van der Waals surface area contributed by atoms with E-state index in [0.29, 0.717) is 11.8 Å². The molecule has 6 rings (SSSR count). The minimum absolute atomic E-state index is 0.00607. The average Bonchev–Trinajstić information content (AvgIpc) is 3.43. The van der Waals surface area contributed by atoms with E-state index in [1.54, 1.807) is 7.11 Å². The smallest absolute Gasteiger partial charge is 0.311 e. The number of ether oxygens (including phenoxy) is 1. The fraction of sp³-hybridized carbons (Fsp3) is 0.656. The summed E-state index contributed by atoms with van der Waals surface area (Å²) in [6.07, 6.45) is 16.2. The lowest BCUT2D eigenvalue weighted by Crippen LogP contribution is -2.58. The number of methoxy groups -OCH3 is 1. The van der Waals surface area contributed by atoms with Crippen molar-refractivity contribution in [2.75, 3.05) is 7.11 Å². The fourth-order valence-corrected chi connectivity index (χ4v) is 9.73. The van der Waals surface area contributed by atoms with Gasteiger partial charge in [-0.3, -0.25) is 9.48 Å². The summed E-state index contributed by atoms with van der Waals surface area (Å²) in [5.74, 6) is 1.03. The van der Waals surface area contributed by atoms with Gasteiger partial charge in [0.1, 0.15) is 5.69 Å². The van der Waals surface area contributed by atoms with E-state index in [9.17, 15) is 4.79 Å². The number of hydrogen-bond donors (Lipinski definition) is 0. The summed E-state index contributed by atoms with van der Waals surface area (Å²) in [6, 6.07) is 10.7. The first kappa shape index (κ1) is 24.9. The molecule has 0 N–H and O–H groups in total. The highest BCUT2D eigenvalue weighted by atomic mass is 16.5. The second kappa shape index (κ2) is 8.81. The highest BCUT2D eigenvalue weighted by Gasteiger charge is 2.66. The molecule has 5 nitrogen and oxygen atoms in total. The van der Waals surface area contributed by atoms with E-state index in [1.807, 2.05) is 4.68 Å². The van der Waals surface area contributed by atoms with Crippen LogP contribution < -0.4 is 0 Å². The molecule has 4 aliphatic carbocycles. The second-order valence-electron chi connectivity index (χ2n) is 13.4. The minimum Gasteiger partial charge on any atom is -0.469 e. The van der Waals surface area contributed by atoms with Crippen molar-refractivity contribution < 1.29 is 9.53 Å². The first-order valence-corrected chi connectivity index (χ1v) is 14.5. The van der Waals surface area contributed by atoms with Crippen molar-refractivity contribution in [1.29, 1.82) is 0 Å². The predicted octanol–water partition coefficient (Wildman–Crippen LogP) is 6.88. The van der Waals surface area contributed by atoms with Gasteiger partial charge in [-0.25, -0.2) is 0 Å². The summed E-state index contributed by atoms with van der Waals surface area (Å²) < 4.78 is 7.40. The largest absolute Gasteiger partial charge is 0.469 e. The Morgan fingerprint density at radius 1 is 1.05 bits per heavy atom. The summed E-state index contributed by atoms with van der Waals surface area (Å²) in [7, 11) is 1.57. The van der Waals surface area contributed by atoms with Crippen molar-refractivity contribution in [3.63, 3.8) is 0 Å². The number of aromatic nitrogens is 3. The van der Waals surface area contributed by atoms with Crippen molar-refractivity contribution in [3.05, 3.63) is 53.9 Å². The molecule has 198 valence electrons. The number of carbonyl (C=O) groups excluding carboxylic acids is 1. The molecular formula is C32H43N3O2. The van der Waals surface area contributed by atoms with Crippen LogP contribution in [0.25, 0.3) is 5.57 Å². The minimum atomic E-state index is -0.350. The van der Waals surface area contributed by atoms with Gasteiger partial charge in [0.15, 0.2) is 0 Å². The zero-order chi connectivity index (χ0) is 25.9. The zero-order valence-corrected chi connectivity index (χ0v) is 23.1. The number of allylic oxidation sites excluding steroid dienone is 2. The molecule has 5 heteroatoms. The van der Waals surface area contributed by atoms with Crippen LogP contribution in [0.15, 0.2) is 42.6 Å². The van der Waals surface area contributed by atoms with E-state index in [4.69, 9.17) is 9.84 Å². The molecular weight excluding hydrogens is 458 g/mol. The number of esters is 1. The molecule has 2 aromatic rings. The van der Waals surface area contributed by atoms with E-state index in [0.717, 1.165) is 44.3 Å². The quantitative estimate of drug-likeness (QED) is 0.405. The molecule has 0 aliphatic heterocycles. The van der Waals surface area contributed by atoms with Crippen molar-refractivity contribution in [2.45, 2.75) is 91.5 Å². The molecule has 3 saturated carbocycles. The van der Waals surface area contributed by atoms with Crippen LogP contribution in [0.3, 0.4) is 0 Å². The lowest BCUT2D eigenvalue weighted by molar-refractivity contribution is -0.182. The van der Waals surface area contributed by atoms with E-state index < -0.39 is 0 Å². The van der Waals surface area contributed by atoms with Crippen LogP contribution in [0.2, 0.25) is 0 Å². The highest BCUT2D eigenvalue weighted by molar-refractivity contribution is 5.77. The van der Waals surface area contributed by atoms with Crippen LogP contribution in [-0.2, 0) is 22.5 Å². The van der Waals surface area contributed by atoms with Crippen molar-refractivity contribution >= 4 is 11.5 Å². The monoisotopic (exact) mass is 501 g/mol. The molecule has 0 saturated heterocycles. The molecule has 0 radical (unpaired) electrons. The first-order chi connectivity index (χ1) is 17.7. The number of benzene rings is 1. The van der Waals surface area contributed by atoms with Crippen LogP contribution in [0.4, 0.5) is 0 Å². The maximum Gasteiger partial charge on any atom is 0.311 e. The zero-order valence-electron chi connectivity index (χ0n) is 23.1. The molecule has 2 bridgehead atoms. The molecule has 1 aromatic heterocycles. The number of aryl methyl sites for hydroxylation is 2. The average molecular weight is 502 g/mol. The van der Waals surface area contributed by atoms with Gasteiger partial charge in [0, 0.05) is 6.54 Å². The van der Waals surface area contributed by atoms with Crippen LogP contribution in [0, 0.1) is 33.5 Å². The Morgan fingerprint density at radius 3 is 2.62 bits per heavy atom. The Balaban J connectivity index is 1.24. The lowest BCUT2D eigenvalue weighted by Gasteiger charge is -2.64. The summed E-state index contributed by atoms with van der Waals surface area (Å²) in [5, 5.41) is 9.24. The Hall–Kier alpha value is -2.43. The molecule has 1 spiro atoms. The van der Waals surface area contributed by atoms with Crippen molar-refractivity contribution in [1.82, 2.24) is 15.0 Å². The normalized spacial score (nSPS) is 38.4. The number of hydrogen-bond acceptors (Lipinski definition) is 4. The van der Waals surface area contributed by atoms with Crippen LogP contribution in [0.1, 0.15) is 89.8 Å². The van der Waals surface area contributed by atoms with E-state index in [-0.39, 0.29) is 27.6 Å². The van der Waals surface area contributed by atoms with Gasteiger partial charge in [-0.2, -0.15) is 0 Å². The standard InChI is InChI=1S/C32H43N3O2/c1-29-17-13-27-30(2)15-9-16-31(3,28(36)37-4)26(30)14-18-32(27,22-29)20-24(29)25-21-35(34-33-25)19-8-12-23-10-6-5-7-11-23/h5-7,10-11,20-21,26-27H,8-9,12-19,22H2,1-4H3/t26-,27-,29-,30+,31+,32-/m0/s1. The molecule has 1 heterocycles. The molecule has 6 atom stereocenters. The van der Waals surface area contributed by atoms with E-state index >= 15 is 0 Å². The van der Waals surface area contributed by atoms with E-state index in [2.05, 4.69) is 68.6 Å². The van der Waals surface area contributed by atoms with Crippen LogP contribution in [0.5, 0.6) is 0 Å². The van der Waals surface area contributed by atoms with Gasteiger partial charge in [0.25, 0.3) is 0 Å².